The number of nitrogens with one attached hydrogen (secondary N) is 1. The molecule has 1 aromatic carbocycles. The van der Waals surface area contributed by atoms with E-state index in [4.69, 9.17) is 0 Å². The van der Waals surface area contributed by atoms with Crippen LogP contribution in [0.2, 0.25) is 0 Å². The van der Waals surface area contributed by atoms with Gasteiger partial charge < -0.3 is 9.88 Å². The summed E-state index contributed by atoms with van der Waals surface area (Å²) in [4.78, 5) is 29.3. The van der Waals surface area contributed by atoms with Crippen LogP contribution >= 0.6 is 11.3 Å². The highest BCUT2D eigenvalue weighted by Gasteiger charge is 2.24. The third kappa shape index (κ3) is 3.72. The van der Waals surface area contributed by atoms with Crippen LogP contribution < -0.4 is 11.0 Å². The molecule has 0 aliphatic heterocycles. The Morgan fingerprint density at radius 1 is 1.24 bits per heavy atom. The molecule has 0 spiro atoms. The lowest BCUT2D eigenvalue weighted by molar-refractivity contribution is -0.122. The van der Waals surface area contributed by atoms with Gasteiger partial charge >= 0.3 is 5.69 Å². The van der Waals surface area contributed by atoms with Crippen molar-refractivity contribution in [1.82, 2.24) is 34.7 Å². The average molecular weight is 413 g/mol. The summed E-state index contributed by atoms with van der Waals surface area (Å²) in [6.45, 7) is -0.362. The van der Waals surface area contributed by atoms with Gasteiger partial charge in [0.05, 0.1) is 0 Å². The number of carbonyl (C=O) groups is 1. The SMILES string of the molecule is Cn1ccnc1C(NC(=O)Cn1nnn(-c2cccs2)c1=O)c1ccccc1F. The van der Waals surface area contributed by atoms with Crippen molar-refractivity contribution in [1.29, 1.82) is 0 Å². The molecule has 0 fully saturated rings. The van der Waals surface area contributed by atoms with Gasteiger partial charge in [0, 0.05) is 25.0 Å². The molecule has 148 valence electrons. The van der Waals surface area contributed by atoms with Crippen LogP contribution in [0, 0.1) is 5.82 Å². The molecule has 29 heavy (non-hydrogen) atoms. The zero-order chi connectivity index (χ0) is 20.4. The number of imidazole rings is 1. The number of halogens is 1. The van der Waals surface area contributed by atoms with Crippen molar-refractivity contribution in [2.45, 2.75) is 12.6 Å². The maximum absolute atomic E-state index is 14.4. The topological polar surface area (TPSA) is 99.6 Å². The van der Waals surface area contributed by atoms with E-state index in [-0.39, 0.29) is 12.1 Å². The highest BCUT2D eigenvalue weighted by molar-refractivity contribution is 7.12. The van der Waals surface area contributed by atoms with Crippen LogP contribution in [0.5, 0.6) is 0 Å². The van der Waals surface area contributed by atoms with Gasteiger partial charge in [0.2, 0.25) is 5.91 Å². The number of hydrogen-bond acceptors (Lipinski definition) is 6. The van der Waals surface area contributed by atoms with Gasteiger partial charge in [-0.3, -0.25) is 4.79 Å². The number of thiophene rings is 1. The van der Waals surface area contributed by atoms with Gasteiger partial charge in [0.25, 0.3) is 0 Å². The first kappa shape index (κ1) is 18.7. The number of benzene rings is 1. The Labute approximate surface area is 168 Å². The summed E-state index contributed by atoms with van der Waals surface area (Å²) in [5.41, 5.74) is -0.272. The predicted octanol–water partition coefficient (Wildman–Crippen LogP) is 1.27. The van der Waals surface area contributed by atoms with Gasteiger partial charge in [-0.15, -0.1) is 11.3 Å². The van der Waals surface area contributed by atoms with E-state index in [0.717, 1.165) is 9.36 Å². The molecule has 0 saturated heterocycles. The smallest absolute Gasteiger partial charge is 0.340 e. The van der Waals surface area contributed by atoms with E-state index in [1.807, 2.05) is 0 Å². The third-order valence-electron chi connectivity index (χ3n) is 4.29. The normalized spacial score (nSPS) is 12.1. The predicted molar refractivity (Wildman–Crippen MR) is 103 cm³/mol. The van der Waals surface area contributed by atoms with Crippen molar-refractivity contribution in [2.24, 2.45) is 7.05 Å². The number of hydrogen-bond donors (Lipinski definition) is 1. The van der Waals surface area contributed by atoms with Crippen LogP contribution in [-0.2, 0) is 18.4 Å². The molecule has 0 radical (unpaired) electrons. The van der Waals surface area contributed by atoms with Crippen molar-refractivity contribution < 1.29 is 9.18 Å². The molecule has 0 aliphatic carbocycles. The first-order valence-electron chi connectivity index (χ1n) is 8.62. The summed E-state index contributed by atoms with van der Waals surface area (Å²) in [7, 11) is 1.75. The zero-order valence-corrected chi connectivity index (χ0v) is 16.1. The van der Waals surface area contributed by atoms with Gasteiger partial charge in [-0.1, -0.05) is 18.2 Å². The zero-order valence-electron chi connectivity index (χ0n) is 15.3. The minimum absolute atomic E-state index is 0.268. The Kier molecular flexibility index (Phi) is 5.04. The molecule has 1 amide bonds. The fourth-order valence-electron chi connectivity index (χ4n) is 2.89. The standard InChI is InChI=1S/C18H16FN7O2S/c1-24-9-8-20-17(24)16(12-5-2-3-6-13(12)19)21-14(27)11-25-18(28)26(23-22-25)15-7-4-10-29-15/h2-10,16H,11H2,1H3,(H,21,27). The van der Waals surface area contributed by atoms with Crippen LogP contribution in [0.25, 0.3) is 5.00 Å². The second-order valence-electron chi connectivity index (χ2n) is 6.20. The summed E-state index contributed by atoms with van der Waals surface area (Å²) in [6, 6.07) is 8.82. The molecule has 9 nitrogen and oxygen atoms in total. The number of rotatable bonds is 6. The summed E-state index contributed by atoms with van der Waals surface area (Å²) < 4.78 is 18.2. The van der Waals surface area contributed by atoms with Gasteiger partial charge in [0.1, 0.15) is 29.2 Å². The molecule has 3 aromatic heterocycles. The van der Waals surface area contributed by atoms with Crippen molar-refractivity contribution in [3.63, 3.8) is 0 Å². The molecular formula is C18H16FN7O2S. The molecule has 1 atom stereocenters. The van der Waals surface area contributed by atoms with E-state index in [1.54, 1.807) is 59.7 Å². The van der Waals surface area contributed by atoms with E-state index in [9.17, 15) is 14.0 Å². The molecule has 1 unspecified atom stereocenters. The highest BCUT2D eigenvalue weighted by Crippen LogP contribution is 2.23. The van der Waals surface area contributed by atoms with E-state index < -0.39 is 23.5 Å². The molecule has 0 saturated carbocycles. The summed E-state index contributed by atoms with van der Waals surface area (Å²) in [5, 5.41) is 12.7. The molecule has 0 bridgehead atoms. The Morgan fingerprint density at radius 2 is 2.07 bits per heavy atom. The van der Waals surface area contributed by atoms with Gasteiger partial charge in [0.15, 0.2) is 0 Å². The van der Waals surface area contributed by atoms with E-state index in [0.29, 0.717) is 10.8 Å². The Morgan fingerprint density at radius 3 is 2.76 bits per heavy atom. The van der Waals surface area contributed by atoms with Crippen LogP contribution in [0.4, 0.5) is 4.39 Å². The van der Waals surface area contributed by atoms with Gasteiger partial charge in [-0.2, -0.15) is 9.36 Å². The Bertz CT molecular complexity index is 1200. The Hall–Kier alpha value is -3.60. The van der Waals surface area contributed by atoms with Crippen molar-refractivity contribution >= 4 is 17.2 Å². The first-order chi connectivity index (χ1) is 14.0. The average Bonchev–Trinajstić information content (AvgIpc) is 3.44. The van der Waals surface area contributed by atoms with Crippen molar-refractivity contribution in [3.05, 3.63) is 81.9 Å². The van der Waals surface area contributed by atoms with Crippen molar-refractivity contribution in [3.8, 4) is 5.00 Å². The second-order valence-corrected chi connectivity index (χ2v) is 7.13. The fourth-order valence-corrected chi connectivity index (χ4v) is 3.56. The van der Waals surface area contributed by atoms with Gasteiger partial charge in [-0.05, 0) is 34.0 Å². The lowest BCUT2D eigenvalue weighted by atomic mass is 10.1. The molecule has 4 aromatic rings. The lowest BCUT2D eigenvalue weighted by Gasteiger charge is -2.19. The number of aromatic nitrogens is 6. The number of aryl methyl sites for hydroxylation is 1. The highest BCUT2D eigenvalue weighted by atomic mass is 32.1. The van der Waals surface area contributed by atoms with Gasteiger partial charge in [-0.25, -0.2) is 14.2 Å². The third-order valence-corrected chi connectivity index (χ3v) is 5.13. The maximum atomic E-state index is 14.4. The van der Waals surface area contributed by atoms with Crippen LogP contribution in [0.15, 0.2) is 59.0 Å². The number of carbonyl (C=O) groups excluding carboxylic acids is 1. The molecule has 4 rings (SSSR count). The first-order valence-corrected chi connectivity index (χ1v) is 9.50. The summed E-state index contributed by atoms with van der Waals surface area (Å²) >= 11 is 1.33. The number of amides is 1. The maximum Gasteiger partial charge on any atom is 0.369 e. The molecule has 1 N–H and O–H groups in total. The van der Waals surface area contributed by atoms with Crippen LogP contribution in [0.3, 0.4) is 0 Å². The van der Waals surface area contributed by atoms with Crippen LogP contribution in [-0.4, -0.2) is 35.2 Å². The van der Waals surface area contributed by atoms with Crippen molar-refractivity contribution in [2.75, 3.05) is 0 Å². The molecule has 0 aliphatic rings. The molecule has 3 heterocycles. The quantitative estimate of drug-likeness (QED) is 0.513. The summed E-state index contributed by atoms with van der Waals surface area (Å²) in [6.07, 6.45) is 3.26. The monoisotopic (exact) mass is 413 g/mol. The lowest BCUT2D eigenvalue weighted by Crippen LogP contribution is -2.37. The molecule has 11 heteroatoms. The molecular weight excluding hydrogens is 397 g/mol. The van der Waals surface area contributed by atoms with E-state index in [1.165, 1.54) is 17.4 Å². The Balaban J connectivity index is 1.59. The minimum Gasteiger partial charge on any atom is -0.340 e. The van der Waals surface area contributed by atoms with Crippen LogP contribution in [0.1, 0.15) is 17.4 Å². The summed E-state index contributed by atoms with van der Waals surface area (Å²) in [5.74, 6) is -0.541. The minimum atomic E-state index is -0.827. The number of tetrazole rings is 1. The number of nitrogens with zero attached hydrogens (tertiary/aromatic N) is 6. The fraction of sp³-hybridized carbons (Fsp3) is 0.167. The largest absolute Gasteiger partial charge is 0.369 e. The van der Waals surface area contributed by atoms with E-state index >= 15 is 0 Å². The van der Waals surface area contributed by atoms with E-state index in [2.05, 4.69) is 20.7 Å². The second kappa shape index (κ2) is 7.80.